The summed E-state index contributed by atoms with van der Waals surface area (Å²) in [4.78, 5) is 10.1. The first-order valence-electron chi connectivity index (χ1n) is 5.55. The standard InChI is InChI=1S/C13H18ClNO2/c1-10(13(2,14)12(15)16)8-17-9-11-6-4-3-5-7-11/h3-7,10H,8-9H2,1-2H3,(H2,15,16)/t10-,13?/m1/s1. The molecule has 1 aromatic carbocycles. The van der Waals surface area contributed by atoms with Crippen molar-refractivity contribution in [1.29, 1.82) is 0 Å². The first kappa shape index (κ1) is 14.0. The minimum absolute atomic E-state index is 0.134. The average Bonchev–Trinajstić information content (AvgIpc) is 2.30. The molecule has 1 unspecified atom stereocenters. The quantitative estimate of drug-likeness (QED) is 0.793. The van der Waals surface area contributed by atoms with E-state index in [2.05, 4.69) is 0 Å². The van der Waals surface area contributed by atoms with Crippen molar-refractivity contribution in [3.63, 3.8) is 0 Å². The molecule has 0 radical (unpaired) electrons. The van der Waals surface area contributed by atoms with Crippen LogP contribution in [0.1, 0.15) is 19.4 Å². The molecule has 3 nitrogen and oxygen atoms in total. The van der Waals surface area contributed by atoms with Gasteiger partial charge in [-0.05, 0) is 12.5 Å². The van der Waals surface area contributed by atoms with Crippen LogP contribution in [0.5, 0.6) is 0 Å². The van der Waals surface area contributed by atoms with Gasteiger partial charge in [0.1, 0.15) is 4.87 Å². The van der Waals surface area contributed by atoms with Gasteiger partial charge in [-0.15, -0.1) is 11.6 Å². The van der Waals surface area contributed by atoms with Gasteiger partial charge in [-0.1, -0.05) is 37.3 Å². The Morgan fingerprint density at radius 2 is 2.06 bits per heavy atom. The third-order valence-corrected chi connectivity index (χ3v) is 3.45. The lowest BCUT2D eigenvalue weighted by Crippen LogP contribution is -2.43. The Balaban J connectivity index is 2.39. The smallest absolute Gasteiger partial charge is 0.238 e. The molecule has 0 spiro atoms. The monoisotopic (exact) mass is 255 g/mol. The molecule has 0 aliphatic rings. The molecule has 1 amide bonds. The summed E-state index contributed by atoms with van der Waals surface area (Å²) in [5, 5.41) is 0. The summed E-state index contributed by atoms with van der Waals surface area (Å²) in [7, 11) is 0. The number of hydrogen-bond donors (Lipinski definition) is 1. The van der Waals surface area contributed by atoms with Crippen LogP contribution in [0.3, 0.4) is 0 Å². The van der Waals surface area contributed by atoms with E-state index in [0.717, 1.165) is 5.56 Å². The normalized spacial score (nSPS) is 16.2. The van der Waals surface area contributed by atoms with Crippen LogP contribution in [-0.2, 0) is 16.1 Å². The topological polar surface area (TPSA) is 52.3 Å². The van der Waals surface area contributed by atoms with Gasteiger partial charge in [0.15, 0.2) is 0 Å². The number of hydrogen-bond acceptors (Lipinski definition) is 2. The van der Waals surface area contributed by atoms with Crippen molar-refractivity contribution < 1.29 is 9.53 Å². The zero-order chi connectivity index (χ0) is 12.9. The molecule has 0 saturated heterocycles. The number of nitrogens with two attached hydrogens (primary N) is 1. The summed E-state index contributed by atoms with van der Waals surface area (Å²) in [6.45, 7) is 4.38. The van der Waals surface area contributed by atoms with Crippen LogP contribution in [0.25, 0.3) is 0 Å². The number of benzene rings is 1. The first-order valence-corrected chi connectivity index (χ1v) is 5.93. The van der Waals surface area contributed by atoms with Crippen LogP contribution in [-0.4, -0.2) is 17.4 Å². The highest BCUT2D eigenvalue weighted by molar-refractivity contribution is 6.34. The maximum Gasteiger partial charge on any atom is 0.238 e. The van der Waals surface area contributed by atoms with E-state index in [0.29, 0.717) is 13.2 Å². The minimum Gasteiger partial charge on any atom is -0.376 e. The molecule has 17 heavy (non-hydrogen) atoms. The number of ether oxygens (including phenoxy) is 1. The van der Waals surface area contributed by atoms with Gasteiger partial charge >= 0.3 is 0 Å². The fraction of sp³-hybridized carbons (Fsp3) is 0.462. The van der Waals surface area contributed by atoms with Gasteiger partial charge < -0.3 is 10.5 Å². The van der Waals surface area contributed by atoms with E-state index in [1.54, 1.807) is 6.92 Å². The van der Waals surface area contributed by atoms with Gasteiger partial charge in [0, 0.05) is 5.92 Å². The molecule has 0 saturated carbocycles. The summed E-state index contributed by atoms with van der Waals surface area (Å²) in [6, 6.07) is 9.83. The zero-order valence-electron chi connectivity index (χ0n) is 10.2. The highest BCUT2D eigenvalue weighted by Gasteiger charge is 2.34. The van der Waals surface area contributed by atoms with Crippen molar-refractivity contribution in [3.8, 4) is 0 Å². The van der Waals surface area contributed by atoms with E-state index in [1.807, 2.05) is 37.3 Å². The van der Waals surface area contributed by atoms with E-state index in [4.69, 9.17) is 22.1 Å². The molecule has 0 bridgehead atoms. The van der Waals surface area contributed by atoms with Gasteiger partial charge in [-0.25, -0.2) is 0 Å². The van der Waals surface area contributed by atoms with Crippen molar-refractivity contribution in [2.45, 2.75) is 25.3 Å². The summed E-state index contributed by atoms with van der Waals surface area (Å²) in [5.74, 6) is -0.652. The molecule has 0 aliphatic heterocycles. The summed E-state index contributed by atoms with van der Waals surface area (Å²) >= 11 is 6.05. The Morgan fingerprint density at radius 1 is 1.47 bits per heavy atom. The van der Waals surface area contributed by atoms with Gasteiger partial charge in [0.05, 0.1) is 13.2 Å². The second-order valence-corrected chi connectivity index (χ2v) is 5.13. The van der Waals surface area contributed by atoms with E-state index in [1.165, 1.54) is 0 Å². The molecule has 1 rings (SSSR count). The van der Waals surface area contributed by atoms with Crippen LogP contribution < -0.4 is 5.73 Å². The maximum absolute atomic E-state index is 11.1. The highest BCUT2D eigenvalue weighted by atomic mass is 35.5. The number of alkyl halides is 1. The van der Waals surface area contributed by atoms with Gasteiger partial charge in [-0.3, -0.25) is 4.79 Å². The van der Waals surface area contributed by atoms with Crippen molar-refractivity contribution in [1.82, 2.24) is 0 Å². The third kappa shape index (κ3) is 4.02. The van der Waals surface area contributed by atoms with Crippen molar-refractivity contribution >= 4 is 17.5 Å². The van der Waals surface area contributed by atoms with Gasteiger partial charge in [0.25, 0.3) is 0 Å². The maximum atomic E-state index is 11.1. The summed E-state index contributed by atoms with van der Waals surface area (Å²) in [6.07, 6.45) is 0. The molecule has 2 N–H and O–H groups in total. The lowest BCUT2D eigenvalue weighted by Gasteiger charge is -2.25. The molecule has 94 valence electrons. The zero-order valence-corrected chi connectivity index (χ0v) is 10.9. The Hall–Kier alpha value is -1.06. The Kier molecular flexibility index (Phi) is 4.97. The van der Waals surface area contributed by atoms with Crippen molar-refractivity contribution in [2.75, 3.05) is 6.61 Å². The third-order valence-electron chi connectivity index (χ3n) is 2.89. The van der Waals surface area contributed by atoms with Gasteiger partial charge in [0.2, 0.25) is 5.91 Å². The molecule has 0 aliphatic carbocycles. The lowest BCUT2D eigenvalue weighted by molar-refractivity contribution is -0.122. The number of carbonyl (C=O) groups is 1. The predicted molar refractivity (Wildman–Crippen MR) is 68.7 cm³/mol. The molecular formula is C13H18ClNO2. The number of rotatable bonds is 6. The SMILES string of the molecule is C[C@H](COCc1ccccc1)C(C)(Cl)C(N)=O. The number of carbonyl (C=O) groups excluding carboxylic acids is 1. The lowest BCUT2D eigenvalue weighted by atomic mass is 9.95. The molecule has 0 aromatic heterocycles. The second-order valence-electron chi connectivity index (χ2n) is 4.34. The summed E-state index contributed by atoms with van der Waals surface area (Å²) in [5.41, 5.74) is 6.32. The number of primary amides is 1. The Morgan fingerprint density at radius 3 is 2.59 bits per heavy atom. The first-order chi connectivity index (χ1) is 7.94. The Bertz CT molecular complexity index is 365. The van der Waals surface area contributed by atoms with Crippen LogP contribution in [0, 0.1) is 5.92 Å². The minimum atomic E-state index is -1.06. The van der Waals surface area contributed by atoms with Crippen LogP contribution in [0.4, 0.5) is 0 Å². The molecule has 0 fully saturated rings. The van der Waals surface area contributed by atoms with Gasteiger partial charge in [-0.2, -0.15) is 0 Å². The molecule has 0 heterocycles. The van der Waals surface area contributed by atoms with E-state index >= 15 is 0 Å². The van der Waals surface area contributed by atoms with E-state index in [-0.39, 0.29) is 5.92 Å². The molecular weight excluding hydrogens is 238 g/mol. The second kappa shape index (κ2) is 6.03. The molecule has 4 heteroatoms. The van der Waals surface area contributed by atoms with E-state index in [9.17, 15) is 4.79 Å². The summed E-state index contributed by atoms with van der Waals surface area (Å²) < 4.78 is 5.53. The number of amides is 1. The number of halogens is 1. The Labute approximate surface area is 107 Å². The van der Waals surface area contributed by atoms with Crippen LogP contribution in [0.15, 0.2) is 30.3 Å². The molecule has 1 aromatic rings. The average molecular weight is 256 g/mol. The fourth-order valence-corrected chi connectivity index (χ4v) is 1.39. The van der Waals surface area contributed by atoms with Crippen molar-refractivity contribution in [3.05, 3.63) is 35.9 Å². The highest BCUT2D eigenvalue weighted by Crippen LogP contribution is 2.25. The van der Waals surface area contributed by atoms with Crippen molar-refractivity contribution in [2.24, 2.45) is 11.7 Å². The predicted octanol–water partition coefficient (Wildman–Crippen LogP) is 2.32. The fourth-order valence-electron chi connectivity index (χ4n) is 1.33. The van der Waals surface area contributed by atoms with E-state index < -0.39 is 10.8 Å². The van der Waals surface area contributed by atoms with Crippen LogP contribution >= 0.6 is 11.6 Å². The molecule has 2 atom stereocenters. The largest absolute Gasteiger partial charge is 0.376 e. The van der Waals surface area contributed by atoms with Crippen LogP contribution in [0.2, 0.25) is 0 Å².